The van der Waals surface area contributed by atoms with Crippen LogP contribution in [0, 0.1) is 0 Å². The molecule has 6 aromatic carbocycles. The first-order valence-corrected chi connectivity index (χ1v) is 14.4. The van der Waals surface area contributed by atoms with Gasteiger partial charge < -0.3 is 4.57 Å². The standard InChI is InChI=1S/C39H26N4/c1-5-15-27(16-6-1)31-23-13-25-33-35(31)36-32(24-14-26-34(36)43(33)30-21-11-4-12-22-30)39-41-37(28-17-7-2-8-18-28)40-38(42-39)29-19-9-3-10-20-29/h1-26H. The van der Waals surface area contributed by atoms with E-state index in [0.29, 0.717) is 17.5 Å². The molecule has 0 amide bonds. The number of fused-ring (bicyclic) bond motifs is 3. The highest BCUT2D eigenvalue weighted by atomic mass is 15.0. The molecule has 0 fully saturated rings. The number of para-hydroxylation sites is 1. The van der Waals surface area contributed by atoms with Crippen molar-refractivity contribution in [3.05, 3.63) is 158 Å². The van der Waals surface area contributed by atoms with Gasteiger partial charge in [-0.2, -0.15) is 0 Å². The minimum Gasteiger partial charge on any atom is -0.309 e. The van der Waals surface area contributed by atoms with Crippen LogP contribution in [-0.4, -0.2) is 19.5 Å². The Kier molecular flexibility index (Phi) is 6.08. The van der Waals surface area contributed by atoms with Gasteiger partial charge in [-0.25, -0.2) is 15.0 Å². The Labute approximate surface area is 249 Å². The number of rotatable bonds is 5. The highest BCUT2D eigenvalue weighted by molar-refractivity contribution is 6.20. The highest BCUT2D eigenvalue weighted by Crippen LogP contribution is 2.42. The van der Waals surface area contributed by atoms with E-state index in [1.54, 1.807) is 0 Å². The van der Waals surface area contributed by atoms with Gasteiger partial charge in [0.1, 0.15) is 0 Å². The third-order valence-electron chi connectivity index (χ3n) is 7.86. The zero-order valence-electron chi connectivity index (χ0n) is 23.3. The van der Waals surface area contributed by atoms with E-state index in [9.17, 15) is 0 Å². The first kappa shape index (κ1) is 24.9. The smallest absolute Gasteiger partial charge is 0.164 e. The molecule has 0 unspecified atom stereocenters. The fourth-order valence-corrected chi connectivity index (χ4v) is 5.94. The molecule has 0 bridgehead atoms. The third-order valence-corrected chi connectivity index (χ3v) is 7.86. The summed E-state index contributed by atoms with van der Waals surface area (Å²) in [6, 6.07) is 54.4. The molecule has 2 heterocycles. The largest absolute Gasteiger partial charge is 0.309 e. The van der Waals surface area contributed by atoms with Crippen molar-refractivity contribution >= 4 is 21.8 Å². The SMILES string of the molecule is c1ccc(-c2nc(-c3ccccc3)nc(-c3cccc4c3c3c(-c5ccccc5)cccc3n4-c3ccccc3)n2)cc1. The lowest BCUT2D eigenvalue weighted by Crippen LogP contribution is -2.00. The van der Waals surface area contributed by atoms with E-state index in [1.165, 1.54) is 16.5 Å². The van der Waals surface area contributed by atoms with Crippen molar-refractivity contribution in [3.63, 3.8) is 0 Å². The van der Waals surface area contributed by atoms with Crippen LogP contribution in [0.1, 0.15) is 0 Å². The summed E-state index contributed by atoms with van der Waals surface area (Å²) >= 11 is 0. The molecule has 4 heteroatoms. The van der Waals surface area contributed by atoms with Gasteiger partial charge in [0.15, 0.2) is 17.5 Å². The summed E-state index contributed by atoms with van der Waals surface area (Å²) in [6.07, 6.45) is 0. The van der Waals surface area contributed by atoms with Gasteiger partial charge in [0.05, 0.1) is 11.0 Å². The molecule has 0 aliphatic rings. The van der Waals surface area contributed by atoms with Gasteiger partial charge in [0.2, 0.25) is 0 Å². The molecule has 0 aliphatic heterocycles. The van der Waals surface area contributed by atoms with E-state index in [0.717, 1.165) is 38.8 Å². The minimum absolute atomic E-state index is 0.647. The molecule has 0 radical (unpaired) electrons. The fourth-order valence-electron chi connectivity index (χ4n) is 5.94. The molecular weight excluding hydrogens is 524 g/mol. The minimum atomic E-state index is 0.647. The maximum atomic E-state index is 5.11. The Hall–Kier alpha value is -5.87. The zero-order valence-corrected chi connectivity index (χ0v) is 23.3. The van der Waals surface area contributed by atoms with Gasteiger partial charge in [-0.1, -0.05) is 133 Å². The van der Waals surface area contributed by atoms with Crippen molar-refractivity contribution in [2.45, 2.75) is 0 Å². The van der Waals surface area contributed by atoms with Crippen LogP contribution in [-0.2, 0) is 0 Å². The second-order valence-electron chi connectivity index (χ2n) is 10.5. The molecule has 2 aromatic heterocycles. The normalized spacial score (nSPS) is 11.3. The van der Waals surface area contributed by atoms with Crippen molar-refractivity contribution < 1.29 is 0 Å². The maximum Gasteiger partial charge on any atom is 0.164 e. The second-order valence-corrected chi connectivity index (χ2v) is 10.5. The Bertz CT molecular complexity index is 2150. The van der Waals surface area contributed by atoms with E-state index < -0.39 is 0 Å². The average molecular weight is 551 g/mol. The molecule has 202 valence electrons. The fraction of sp³-hybridized carbons (Fsp3) is 0. The second kappa shape index (κ2) is 10.5. The first-order chi connectivity index (χ1) is 21.3. The molecule has 0 saturated carbocycles. The average Bonchev–Trinajstić information content (AvgIpc) is 3.44. The molecule has 43 heavy (non-hydrogen) atoms. The lowest BCUT2D eigenvalue weighted by Gasteiger charge is -2.10. The van der Waals surface area contributed by atoms with Crippen LogP contribution in [0.4, 0.5) is 0 Å². The number of hydrogen-bond donors (Lipinski definition) is 0. The van der Waals surface area contributed by atoms with Crippen molar-refractivity contribution in [2.24, 2.45) is 0 Å². The molecule has 0 spiro atoms. The molecule has 0 atom stereocenters. The summed E-state index contributed by atoms with van der Waals surface area (Å²) in [5, 5.41) is 2.29. The number of aromatic nitrogens is 4. The number of nitrogens with zero attached hydrogens (tertiary/aromatic N) is 4. The summed E-state index contributed by atoms with van der Waals surface area (Å²) in [5.41, 5.74) is 8.55. The predicted molar refractivity (Wildman–Crippen MR) is 176 cm³/mol. The summed E-state index contributed by atoms with van der Waals surface area (Å²) in [5.74, 6) is 1.95. The summed E-state index contributed by atoms with van der Waals surface area (Å²) in [7, 11) is 0. The molecule has 8 rings (SSSR count). The summed E-state index contributed by atoms with van der Waals surface area (Å²) in [4.78, 5) is 15.2. The van der Waals surface area contributed by atoms with Gasteiger partial charge in [0, 0.05) is 33.2 Å². The maximum absolute atomic E-state index is 5.11. The molecule has 0 saturated heterocycles. The van der Waals surface area contributed by atoms with Gasteiger partial charge in [0.25, 0.3) is 0 Å². The van der Waals surface area contributed by atoms with Crippen molar-refractivity contribution in [3.8, 4) is 51.0 Å². The van der Waals surface area contributed by atoms with Crippen LogP contribution in [0.5, 0.6) is 0 Å². The summed E-state index contributed by atoms with van der Waals surface area (Å²) < 4.78 is 2.35. The lowest BCUT2D eigenvalue weighted by molar-refractivity contribution is 1.08. The van der Waals surface area contributed by atoms with Crippen molar-refractivity contribution in [1.29, 1.82) is 0 Å². The van der Waals surface area contributed by atoms with Crippen molar-refractivity contribution in [1.82, 2.24) is 19.5 Å². The lowest BCUT2D eigenvalue weighted by atomic mass is 9.97. The van der Waals surface area contributed by atoms with Crippen LogP contribution in [0.2, 0.25) is 0 Å². The topological polar surface area (TPSA) is 43.6 Å². The van der Waals surface area contributed by atoms with E-state index in [-0.39, 0.29) is 0 Å². The Morgan fingerprint density at radius 2 is 0.744 bits per heavy atom. The predicted octanol–water partition coefficient (Wildman–Crippen LogP) is 9.64. The highest BCUT2D eigenvalue weighted by Gasteiger charge is 2.21. The first-order valence-electron chi connectivity index (χ1n) is 14.4. The van der Waals surface area contributed by atoms with E-state index >= 15 is 0 Å². The van der Waals surface area contributed by atoms with E-state index in [4.69, 9.17) is 15.0 Å². The zero-order chi connectivity index (χ0) is 28.6. The van der Waals surface area contributed by atoms with Crippen LogP contribution < -0.4 is 0 Å². The van der Waals surface area contributed by atoms with E-state index in [1.807, 2.05) is 60.7 Å². The van der Waals surface area contributed by atoms with Crippen LogP contribution >= 0.6 is 0 Å². The summed E-state index contributed by atoms with van der Waals surface area (Å²) in [6.45, 7) is 0. The van der Waals surface area contributed by atoms with Gasteiger partial charge >= 0.3 is 0 Å². The monoisotopic (exact) mass is 550 g/mol. The quantitative estimate of drug-likeness (QED) is 0.214. The molecule has 0 aliphatic carbocycles. The molecular formula is C39H26N4. The van der Waals surface area contributed by atoms with E-state index in [2.05, 4.69) is 102 Å². The van der Waals surface area contributed by atoms with Crippen molar-refractivity contribution in [2.75, 3.05) is 0 Å². The Balaban J connectivity index is 1.49. The third kappa shape index (κ3) is 4.37. The molecule has 4 nitrogen and oxygen atoms in total. The van der Waals surface area contributed by atoms with Gasteiger partial charge in [-0.05, 0) is 35.4 Å². The molecule has 0 N–H and O–H groups in total. The van der Waals surface area contributed by atoms with Crippen LogP contribution in [0.3, 0.4) is 0 Å². The number of benzene rings is 6. The van der Waals surface area contributed by atoms with Gasteiger partial charge in [-0.3, -0.25) is 0 Å². The van der Waals surface area contributed by atoms with Crippen LogP contribution in [0.25, 0.3) is 72.8 Å². The van der Waals surface area contributed by atoms with Gasteiger partial charge in [-0.15, -0.1) is 0 Å². The number of hydrogen-bond acceptors (Lipinski definition) is 3. The Morgan fingerprint density at radius 3 is 1.28 bits per heavy atom. The van der Waals surface area contributed by atoms with Crippen LogP contribution in [0.15, 0.2) is 158 Å². The Morgan fingerprint density at radius 1 is 0.326 bits per heavy atom. The molecule has 8 aromatic rings.